The molecule has 124 valence electrons. The van der Waals surface area contributed by atoms with Gasteiger partial charge in [0.05, 0.1) is 5.02 Å². The van der Waals surface area contributed by atoms with Crippen LogP contribution < -0.4 is 20.8 Å². The topological polar surface area (TPSA) is 152 Å². The number of carbonyl (C=O) groups is 2. The first kappa shape index (κ1) is 15.7. The number of aromatic carboxylic acids is 2. The van der Waals surface area contributed by atoms with Crippen LogP contribution in [0.2, 0.25) is 5.02 Å². The van der Waals surface area contributed by atoms with Crippen molar-refractivity contribution in [2.45, 2.75) is 0 Å². The molecule has 0 saturated heterocycles. The Bertz CT molecular complexity index is 951. The van der Waals surface area contributed by atoms with E-state index in [1.807, 2.05) is 4.98 Å². The summed E-state index contributed by atoms with van der Waals surface area (Å²) in [7, 11) is 0. The number of hydrogen-bond donors (Lipinski definition) is 4. The molecule has 0 atom stereocenters. The molecule has 10 heteroatoms. The third-order valence-corrected chi connectivity index (χ3v) is 3.67. The van der Waals surface area contributed by atoms with Crippen LogP contribution in [0.3, 0.4) is 0 Å². The van der Waals surface area contributed by atoms with Crippen molar-refractivity contribution in [1.29, 1.82) is 0 Å². The number of ether oxygens (including phenoxy) is 2. The van der Waals surface area contributed by atoms with Crippen LogP contribution in [0, 0.1) is 0 Å². The molecule has 0 spiro atoms. The number of nitrogens with one attached hydrogen (secondary N) is 1. The van der Waals surface area contributed by atoms with Crippen LogP contribution in [0.25, 0.3) is 11.1 Å². The number of aromatic nitrogens is 1. The minimum Gasteiger partial charge on any atom is -0.478 e. The highest BCUT2D eigenvalue weighted by atomic mass is 35.5. The number of fused-ring (bicyclic) bond motifs is 1. The van der Waals surface area contributed by atoms with Gasteiger partial charge in [0.1, 0.15) is 16.9 Å². The lowest BCUT2D eigenvalue weighted by Crippen LogP contribution is -2.24. The van der Waals surface area contributed by atoms with Gasteiger partial charge in [-0.05, 0) is 17.7 Å². The summed E-state index contributed by atoms with van der Waals surface area (Å²) in [5, 5.41) is 18.8. The van der Waals surface area contributed by atoms with Gasteiger partial charge in [0.15, 0.2) is 11.5 Å². The second-order valence-electron chi connectivity index (χ2n) is 4.79. The number of benzene rings is 1. The van der Waals surface area contributed by atoms with Crippen LogP contribution in [-0.4, -0.2) is 33.9 Å². The fourth-order valence-electron chi connectivity index (χ4n) is 2.45. The van der Waals surface area contributed by atoms with E-state index in [-0.39, 0.29) is 34.4 Å². The van der Waals surface area contributed by atoms with E-state index >= 15 is 0 Å². The second kappa shape index (κ2) is 5.46. The first-order chi connectivity index (χ1) is 11.3. The molecule has 0 saturated carbocycles. The SMILES string of the molecule is Nc1[nH]c(=O)c(C(=O)O)c(-c2cc(Cl)c3c(c2)OCO3)c1C(=O)O. The van der Waals surface area contributed by atoms with Crippen molar-refractivity contribution in [3.63, 3.8) is 0 Å². The number of carboxylic acid groups (broad SMARTS) is 2. The van der Waals surface area contributed by atoms with Crippen LogP contribution in [-0.2, 0) is 0 Å². The van der Waals surface area contributed by atoms with Gasteiger partial charge in [0.25, 0.3) is 5.56 Å². The first-order valence-corrected chi connectivity index (χ1v) is 6.81. The van der Waals surface area contributed by atoms with Crippen LogP contribution in [0.5, 0.6) is 11.5 Å². The van der Waals surface area contributed by atoms with E-state index in [0.717, 1.165) is 0 Å². The summed E-state index contributed by atoms with van der Waals surface area (Å²) in [6.07, 6.45) is 0. The van der Waals surface area contributed by atoms with Crippen molar-refractivity contribution in [3.05, 3.63) is 38.6 Å². The molecule has 2 aromatic rings. The first-order valence-electron chi connectivity index (χ1n) is 6.43. The summed E-state index contributed by atoms with van der Waals surface area (Å²) in [6.45, 7) is -0.0897. The standard InChI is InChI=1S/C14H9ClN2O7/c15-5-1-4(2-6-10(5)24-3-23-6)7-8(13(19)20)11(16)17-12(18)9(7)14(21)22/h1-2H,3H2,(H,19,20)(H,21,22)(H3,16,17,18). The summed E-state index contributed by atoms with van der Waals surface area (Å²) in [5.41, 5.74) is 2.90. The van der Waals surface area contributed by atoms with Crippen molar-refractivity contribution in [3.8, 4) is 22.6 Å². The molecule has 1 aromatic carbocycles. The van der Waals surface area contributed by atoms with Gasteiger partial charge in [-0.1, -0.05) is 11.6 Å². The van der Waals surface area contributed by atoms with E-state index < -0.39 is 34.4 Å². The molecule has 0 fully saturated rings. The zero-order valence-electron chi connectivity index (χ0n) is 11.8. The molecule has 5 N–H and O–H groups in total. The Morgan fingerprint density at radius 2 is 1.83 bits per heavy atom. The number of rotatable bonds is 3. The number of pyridine rings is 1. The summed E-state index contributed by atoms with van der Waals surface area (Å²) < 4.78 is 10.3. The van der Waals surface area contributed by atoms with Gasteiger partial charge in [-0.3, -0.25) is 4.79 Å². The lowest BCUT2D eigenvalue weighted by Gasteiger charge is -2.13. The molecule has 24 heavy (non-hydrogen) atoms. The van der Waals surface area contributed by atoms with Gasteiger partial charge >= 0.3 is 11.9 Å². The molecule has 0 bridgehead atoms. The highest BCUT2D eigenvalue weighted by Gasteiger charge is 2.28. The molecule has 0 aliphatic carbocycles. The zero-order chi connectivity index (χ0) is 17.6. The monoisotopic (exact) mass is 352 g/mol. The van der Waals surface area contributed by atoms with E-state index in [1.54, 1.807) is 0 Å². The summed E-state index contributed by atoms with van der Waals surface area (Å²) in [6, 6.07) is 2.61. The van der Waals surface area contributed by atoms with Crippen molar-refractivity contribution in [2.24, 2.45) is 0 Å². The van der Waals surface area contributed by atoms with Gasteiger partial charge in [0.2, 0.25) is 6.79 Å². The average Bonchev–Trinajstić information content (AvgIpc) is 2.94. The number of halogens is 1. The maximum absolute atomic E-state index is 12.0. The smallest absolute Gasteiger partial charge is 0.342 e. The fraction of sp³-hybridized carbons (Fsp3) is 0.0714. The van der Waals surface area contributed by atoms with Gasteiger partial charge < -0.3 is 30.4 Å². The van der Waals surface area contributed by atoms with E-state index in [0.29, 0.717) is 0 Å². The Balaban J connectivity index is 2.43. The van der Waals surface area contributed by atoms with Crippen LogP contribution >= 0.6 is 11.6 Å². The number of hydrogen-bond acceptors (Lipinski definition) is 6. The minimum atomic E-state index is -1.61. The van der Waals surface area contributed by atoms with E-state index in [2.05, 4.69) is 0 Å². The average molecular weight is 353 g/mol. The van der Waals surface area contributed by atoms with E-state index in [9.17, 15) is 24.6 Å². The van der Waals surface area contributed by atoms with Crippen molar-refractivity contribution in [2.75, 3.05) is 12.5 Å². The highest BCUT2D eigenvalue weighted by molar-refractivity contribution is 6.32. The third-order valence-electron chi connectivity index (χ3n) is 3.39. The summed E-state index contributed by atoms with van der Waals surface area (Å²) in [5.74, 6) is -3.14. The summed E-state index contributed by atoms with van der Waals surface area (Å²) in [4.78, 5) is 37.0. The van der Waals surface area contributed by atoms with E-state index in [4.69, 9.17) is 26.8 Å². The van der Waals surface area contributed by atoms with Crippen molar-refractivity contribution < 1.29 is 29.3 Å². The fourth-order valence-corrected chi connectivity index (χ4v) is 2.71. The van der Waals surface area contributed by atoms with Gasteiger partial charge in [0, 0.05) is 5.56 Å². The number of nitrogens with two attached hydrogens (primary N) is 1. The predicted molar refractivity (Wildman–Crippen MR) is 82.0 cm³/mol. The zero-order valence-corrected chi connectivity index (χ0v) is 12.5. The molecule has 3 rings (SSSR count). The molecule has 9 nitrogen and oxygen atoms in total. The van der Waals surface area contributed by atoms with Gasteiger partial charge in [-0.25, -0.2) is 9.59 Å². The Kier molecular flexibility index (Phi) is 3.57. The highest BCUT2D eigenvalue weighted by Crippen LogP contribution is 2.43. The molecule has 1 aromatic heterocycles. The van der Waals surface area contributed by atoms with Gasteiger partial charge in [-0.2, -0.15) is 0 Å². The Morgan fingerprint density at radius 3 is 2.46 bits per heavy atom. The lowest BCUT2D eigenvalue weighted by atomic mass is 9.95. The summed E-state index contributed by atoms with van der Waals surface area (Å²) >= 11 is 6.05. The van der Waals surface area contributed by atoms with E-state index in [1.165, 1.54) is 12.1 Å². The van der Waals surface area contributed by atoms with Crippen LogP contribution in [0.1, 0.15) is 20.7 Å². The Labute approximate surface area is 138 Å². The van der Waals surface area contributed by atoms with Crippen LogP contribution in [0.15, 0.2) is 16.9 Å². The molecule has 1 aliphatic heterocycles. The normalized spacial score (nSPS) is 12.2. The number of aromatic amines is 1. The quantitative estimate of drug-likeness (QED) is 0.646. The lowest BCUT2D eigenvalue weighted by molar-refractivity contribution is 0.0695. The van der Waals surface area contributed by atoms with Crippen LogP contribution in [0.4, 0.5) is 5.82 Å². The molecule has 2 heterocycles. The molecular weight excluding hydrogens is 344 g/mol. The van der Waals surface area contributed by atoms with Crippen molar-refractivity contribution in [1.82, 2.24) is 4.98 Å². The molecule has 0 amide bonds. The molecular formula is C14H9ClN2O7. The number of nitrogen functional groups attached to an aromatic ring is 1. The second-order valence-corrected chi connectivity index (χ2v) is 5.20. The van der Waals surface area contributed by atoms with Crippen molar-refractivity contribution >= 4 is 29.4 Å². The predicted octanol–water partition coefficient (Wildman–Crippen LogP) is 1.40. The molecule has 0 radical (unpaired) electrons. The third kappa shape index (κ3) is 2.31. The Morgan fingerprint density at radius 1 is 1.17 bits per heavy atom. The number of carboxylic acids is 2. The Hall–Kier alpha value is -3.20. The molecule has 1 aliphatic rings. The number of H-pyrrole nitrogens is 1. The largest absolute Gasteiger partial charge is 0.478 e. The number of anilines is 1. The molecule has 0 unspecified atom stereocenters. The van der Waals surface area contributed by atoms with Gasteiger partial charge in [-0.15, -0.1) is 0 Å². The maximum Gasteiger partial charge on any atom is 0.342 e. The minimum absolute atomic E-state index is 0.0526. The maximum atomic E-state index is 12.0.